The van der Waals surface area contributed by atoms with Crippen molar-refractivity contribution >= 4 is 17.6 Å². The van der Waals surface area contributed by atoms with Crippen molar-refractivity contribution in [2.24, 2.45) is 0 Å². The number of benzene rings is 2. The number of nitrogens with one attached hydrogen (secondary N) is 2. The molecule has 6 heteroatoms. The molecule has 0 fully saturated rings. The van der Waals surface area contributed by atoms with E-state index in [1.54, 1.807) is 18.2 Å². The van der Waals surface area contributed by atoms with Gasteiger partial charge < -0.3 is 20.1 Å². The number of para-hydroxylation sites is 2. The highest BCUT2D eigenvalue weighted by molar-refractivity contribution is 6.01. The van der Waals surface area contributed by atoms with Crippen molar-refractivity contribution in [1.82, 2.24) is 5.32 Å². The second-order valence-corrected chi connectivity index (χ2v) is 5.00. The van der Waals surface area contributed by atoms with E-state index in [0.717, 1.165) is 11.3 Å². The molecule has 0 spiro atoms. The maximum atomic E-state index is 12.2. The van der Waals surface area contributed by atoms with Gasteiger partial charge in [-0.15, -0.1) is 0 Å². The molecule has 0 aromatic heterocycles. The summed E-state index contributed by atoms with van der Waals surface area (Å²) in [4.78, 5) is 23.5. The molecular formula is C17H16N2O4. The van der Waals surface area contributed by atoms with E-state index in [1.165, 1.54) is 7.11 Å². The molecule has 0 radical (unpaired) electrons. The van der Waals surface area contributed by atoms with Crippen molar-refractivity contribution < 1.29 is 19.1 Å². The van der Waals surface area contributed by atoms with E-state index >= 15 is 0 Å². The number of hydrogen-bond acceptors (Lipinski definition) is 5. The van der Waals surface area contributed by atoms with Crippen molar-refractivity contribution in [2.75, 3.05) is 19.0 Å². The van der Waals surface area contributed by atoms with Gasteiger partial charge in [0.2, 0.25) is 0 Å². The average molecular weight is 312 g/mol. The molecule has 2 N–H and O–H groups in total. The van der Waals surface area contributed by atoms with Crippen molar-refractivity contribution in [3.05, 3.63) is 59.7 Å². The normalized spacial score (nSPS) is 15.9. The molecule has 1 heterocycles. The summed E-state index contributed by atoms with van der Waals surface area (Å²) in [6.45, 7) is -0.190. The molecule has 118 valence electrons. The number of esters is 1. The fourth-order valence-corrected chi connectivity index (χ4v) is 2.41. The van der Waals surface area contributed by atoms with E-state index < -0.39 is 12.1 Å². The van der Waals surface area contributed by atoms with Crippen LogP contribution in [-0.2, 0) is 9.53 Å². The van der Waals surface area contributed by atoms with E-state index in [2.05, 4.69) is 15.4 Å². The van der Waals surface area contributed by atoms with Crippen molar-refractivity contribution in [2.45, 2.75) is 6.17 Å². The molecule has 2 aromatic rings. The summed E-state index contributed by atoms with van der Waals surface area (Å²) in [6.07, 6.45) is -0.439. The maximum Gasteiger partial charge on any atom is 0.343 e. The van der Waals surface area contributed by atoms with E-state index in [-0.39, 0.29) is 12.5 Å². The number of carbonyl (C=O) groups is 2. The van der Waals surface area contributed by atoms with Crippen LogP contribution in [0.15, 0.2) is 48.5 Å². The van der Waals surface area contributed by atoms with Crippen LogP contribution in [0.25, 0.3) is 0 Å². The Labute approximate surface area is 133 Å². The Morgan fingerprint density at radius 2 is 1.83 bits per heavy atom. The van der Waals surface area contributed by atoms with E-state index in [9.17, 15) is 9.59 Å². The Morgan fingerprint density at radius 3 is 2.65 bits per heavy atom. The third-order valence-electron chi connectivity index (χ3n) is 3.55. The number of hydrogen-bond donors (Lipinski definition) is 2. The van der Waals surface area contributed by atoms with Crippen LogP contribution in [0.5, 0.6) is 5.75 Å². The summed E-state index contributed by atoms with van der Waals surface area (Å²) in [5, 5.41) is 6.14. The summed E-state index contributed by atoms with van der Waals surface area (Å²) in [5.41, 5.74) is 2.08. The standard InChI is InChI=1S/C17H16N2O4/c1-22-15(20)10-23-14-9-5-3-7-12(14)16-18-13-8-4-2-6-11(13)17(21)19-16/h2-9,16,18H,10H2,1H3,(H,19,21)/t16-/m0/s1. The molecule has 0 saturated carbocycles. The molecule has 0 aliphatic carbocycles. The quantitative estimate of drug-likeness (QED) is 0.846. The second kappa shape index (κ2) is 6.39. The number of carbonyl (C=O) groups excluding carboxylic acids is 2. The largest absolute Gasteiger partial charge is 0.481 e. The molecule has 1 aliphatic heterocycles. The highest BCUT2D eigenvalue weighted by Crippen LogP contribution is 2.31. The zero-order valence-electron chi connectivity index (χ0n) is 12.5. The monoisotopic (exact) mass is 312 g/mol. The minimum Gasteiger partial charge on any atom is -0.481 e. The summed E-state index contributed by atoms with van der Waals surface area (Å²) in [7, 11) is 1.30. The van der Waals surface area contributed by atoms with Crippen molar-refractivity contribution in [3.63, 3.8) is 0 Å². The van der Waals surface area contributed by atoms with Crippen LogP contribution in [-0.4, -0.2) is 25.6 Å². The minimum atomic E-state index is -0.467. The van der Waals surface area contributed by atoms with E-state index in [0.29, 0.717) is 11.3 Å². The highest BCUT2D eigenvalue weighted by Gasteiger charge is 2.26. The Morgan fingerprint density at radius 1 is 1.09 bits per heavy atom. The van der Waals surface area contributed by atoms with Gasteiger partial charge in [0.15, 0.2) is 6.61 Å². The van der Waals surface area contributed by atoms with Gasteiger partial charge in [-0.05, 0) is 18.2 Å². The predicted molar refractivity (Wildman–Crippen MR) is 84.2 cm³/mol. The van der Waals surface area contributed by atoms with Gasteiger partial charge in [-0.3, -0.25) is 4.79 Å². The zero-order chi connectivity index (χ0) is 16.2. The topological polar surface area (TPSA) is 76.7 Å². The molecular weight excluding hydrogens is 296 g/mol. The van der Waals surface area contributed by atoms with Crippen molar-refractivity contribution in [3.8, 4) is 5.75 Å². The lowest BCUT2D eigenvalue weighted by atomic mass is 10.1. The Hall–Kier alpha value is -3.02. The van der Waals surface area contributed by atoms with Gasteiger partial charge in [0.05, 0.1) is 12.7 Å². The molecule has 3 rings (SSSR count). The predicted octanol–water partition coefficient (Wildman–Crippen LogP) is 2.09. The Kier molecular flexibility index (Phi) is 4.14. The molecule has 1 amide bonds. The van der Waals surface area contributed by atoms with Gasteiger partial charge in [-0.2, -0.15) is 0 Å². The van der Waals surface area contributed by atoms with Crippen LogP contribution < -0.4 is 15.4 Å². The van der Waals surface area contributed by atoms with E-state index in [4.69, 9.17) is 4.74 Å². The number of ether oxygens (including phenoxy) is 2. The van der Waals surface area contributed by atoms with Crippen LogP contribution in [0.1, 0.15) is 22.1 Å². The molecule has 2 aromatic carbocycles. The molecule has 0 unspecified atom stereocenters. The summed E-state index contributed by atoms with van der Waals surface area (Å²) >= 11 is 0. The van der Waals surface area contributed by atoms with Crippen LogP contribution >= 0.6 is 0 Å². The average Bonchev–Trinajstić information content (AvgIpc) is 2.60. The Balaban J connectivity index is 1.85. The van der Waals surface area contributed by atoms with Crippen LogP contribution in [0, 0.1) is 0 Å². The van der Waals surface area contributed by atoms with Gasteiger partial charge in [0.1, 0.15) is 11.9 Å². The first-order chi connectivity index (χ1) is 11.2. The second-order valence-electron chi connectivity index (χ2n) is 5.00. The van der Waals surface area contributed by atoms with Gasteiger partial charge in [0.25, 0.3) is 5.91 Å². The number of amides is 1. The molecule has 0 saturated heterocycles. The molecule has 0 bridgehead atoms. The smallest absolute Gasteiger partial charge is 0.343 e. The van der Waals surface area contributed by atoms with Crippen LogP contribution in [0.4, 0.5) is 5.69 Å². The number of methoxy groups -OCH3 is 1. The van der Waals surface area contributed by atoms with Crippen molar-refractivity contribution in [1.29, 1.82) is 0 Å². The summed E-state index contributed by atoms with van der Waals surface area (Å²) < 4.78 is 10.1. The molecule has 1 atom stereocenters. The van der Waals surface area contributed by atoms with Gasteiger partial charge in [0, 0.05) is 11.3 Å². The van der Waals surface area contributed by atoms with Crippen LogP contribution in [0.3, 0.4) is 0 Å². The SMILES string of the molecule is COC(=O)COc1ccccc1[C@@H]1NC(=O)c2ccccc2N1. The summed E-state index contributed by atoms with van der Waals surface area (Å²) in [6, 6.07) is 14.5. The fraction of sp³-hybridized carbons (Fsp3) is 0.176. The molecule has 23 heavy (non-hydrogen) atoms. The zero-order valence-corrected chi connectivity index (χ0v) is 12.5. The lowest BCUT2D eigenvalue weighted by Crippen LogP contribution is -2.38. The third kappa shape index (κ3) is 3.11. The lowest BCUT2D eigenvalue weighted by Gasteiger charge is -2.29. The third-order valence-corrected chi connectivity index (χ3v) is 3.55. The number of fused-ring (bicyclic) bond motifs is 1. The highest BCUT2D eigenvalue weighted by atomic mass is 16.6. The molecule has 6 nitrogen and oxygen atoms in total. The van der Waals surface area contributed by atoms with Gasteiger partial charge in [-0.1, -0.05) is 30.3 Å². The van der Waals surface area contributed by atoms with Gasteiger partial charge in [-0.25, -0.2) is 4.79 Å². The minimum absolute atomic E-state index is 0.160. The number of rotatable bonds is 4. The first kappa shape index (κ1) is 14.9. The maximum absolute atomic E-state index is 12.2. The first-order valence-electron chi connectivity index (χ1n) is 7.14. The Bertz CT molecular complexity index is 745. The molecule has 1 aliphatic rings. The van der Waals surface area contributed by atoms with Gasteiger partial charge >= 0.3 is 5.97 Å². The fourth-order valence-electron chi connectivity index (χ4n) is 2.41. The lowest BCUT2D eigenvalue weighted by molar-refractivity contribution is -0.142. The van der Waals surface area contributed by atoms with Crippen LogP contribution in [0.2, 0.25) is 0 Å². The number of anilines is 1. The first-order valence-corrected chi connectivity index (χ1v) is 7.14. The summed E-state index contributed by atoms with van der Waals surface area (Å²) in [5.74, 6) is -0.118. The van der Waals surface area contributed by atoms with E-state index in [1.807, 2.05) is 30.3 Å².